The highest BCUT2D eigenvalue weighted by Crippen LogP contribution is 2.26. The Balaban J connectivity index is 1.40. The Morgan fingerprint density at radius 1 is 0.976 bits per heavy atom. The van der Waals surface area contributed by atoms with Gasteiger partial charge >= 0.3 is 5.76 Å². The first kappa shape index (κ1) is 29.6. The molecular formula is C35H39N3O3. The van der Waals surface area contributed by atoms with Gasteiger partial charge in [-0.3, -0.25) is 0 Å². The molecule has 0 aliphatic rings. The normalized spacial score (nSPS) is 12.3. The highest BCUT2D eigenvalue weighted by atomic mass is 16.5. The van der Waals surface area contributed by atoms with Gasteiger partial charge in [0, 0.05) is 17.5 Å². The molecule has 41 heavy (non-hydrogen) atoms. The molecule has 1 unspecified atom stereocenters. The number of nitriles is 1. The zero-order valence-electron chi connectivity index (χ0n) is 24.2. The number of nitrogens with zero attached hydrogens (tertiary/aromatic N) is 2. The lowest BCUT2D eigenvalue weighted by Gasteiger charge is -2.19. The molecule has 212 valence electrons. The van der Waals surface area contributed by atoms with E-state index in [0.29, 0.717) is 24.8 Å². The summed E-state index contributed by atoms with van der Waals surface area (Å²) in [6.07, 6.45) is 9.92. The van der Waals surface area contributed by atoms with E-state index in [-0.39, 0.29) is 5.41 Å². The quantitative estimate of drug-likeness (QED) is 0.170. The van der Waals surface area contributed by atoms with Gasteiger partial charge in [-0.15, -0.1) is 5.10 Å². The second-order valence-electron chi connectivity index (χ2n) is 11.5. The molecule has 0 amide bonds. The van der Waals surface area contributed by atoms with Crippen molar-refractivity contribution in [2.24, 2.45) is 5.92 Å². The van der Waals surface area contributed by atoms with Crippen LogP contribution in [0.4, 0.5) is 0 Å². The predicted molar refractivity (Wildman–Crippen MR) is 163 cm³/mol. The summed E-state index contributed by atoms with van der Waals surface area (Å²) >= 11 is 0. The van der Waals surface area contributed by atoms with Crippen molar-refractivity contribution in [3.63, 3.8) is 0 Å². The summed E-state index contributed by atoms with van der Waals surface area (Å²) in [5.74, 6) is 0.975. The lowest BCUT2D eigenvalue weighted by Crippen LogP contribution is -2.10. The van der Waals surface area contributed by atoms with E-state index in [1.54, 1.807) is 0 Å². The maximum absolute atomic E-state index is 11.2. The first-order chi connectivity index (χ1) is 19.8. The first-order valence-corrected chi connectivity index (χ1v) is 14.3. The van der Waals surface area contributed by atoms with Crippen molar-refractivity contribution in [2.45, 2.75) is 71.3 Å². The lowest BCUT2D eigenvalue weighted by atomic mass is 9.87. The maximum Gasteiger partial charge on any atom is 0.434 e. The lowest BCUT2D eigenvalue weighted by molar-refractivity contribution is 0.305. The number of allylic oxidation sites excluding steroid dienone is 1. The molecule has 0 saturated carbocycles. The van der Waals surface area contributed by atoms with Gasteiger partial charge in [0.1, 0.15) is 12.4 Å². The second-order valence-corrected chi connectivity index (χ2v) is 11.5. The first-order valence-electron chi connectivity index (χ1n) is 14.3. The predicted octanol–water partition coefficient (Wildman–Crippen LogP) is 8.25. The van der Waals surface area contributed by atoms with Crippen LogP contribution in [0.5, 0.6) is 5.75 Å². The van der Waals surface area contributed by atoms with Crippen LogP contribution in [0.25, 0.3) is 17.5 Å². The Bertz CT molecular complexity index is 1500. The summed E-state index contributed by atoms with van der Waals surface area (Å²) in [6, 6.07) is 27.0. The highest BCUT2D eigenvalue weighted by molar-refractivity contribution is 5.57. The van der Waals surface area contributed by atoms with Crippen LogP contribution in [0.15, 0.2) is 88.1 Å². The minimum Gasteiger partial charge on any atom is -0.488 e. The van der Waals surface area contributed by atoms with Crippen molar-refractivity contribution in [1.82, 2.24) is 10.2 Å². The van der Waals surface area contributed by atoms with Crippen LogP contribution in [0.1, 0.15) is 75.1 Å². The second kappa shape index (κ2) is 14.3. The number of unbranched alkanes of at least 4 members (excludes halogenated alkanes) is 2. The summed E-state index contributed by atoms with van der Waals surface area (Å²) in [6.45, 7) is 7.18. The summed E-state index contributed by atoms with van der Waals surface area (Å²) < 4.78 is 11.3. The van der Waals surface area contributed by atoms with Gasteiger partial charge in [0.05, 0.1) is 6.07 Å². The van der Waals surface area contributed by atoms with E-state index in [1.807, 2.05) is 30.3 Å². The Labute approximate surface area is 242 Å². The fraction of sp³-hybridized carbons (Fsp3) is 0.343. The Morgan fingerprint density at radius 3 is 2.39 bits per heavy atom. The largest absolute Gasteiger partial charge is 0.488 e. The van der Waals surface area contributed by atoms with E-state index < -0.39 is 5.76 Å². The average molecular weight is 550 g/mol. The average Bonchev–Trinajstić information content (AvgIpc) is 3.41. The smallest absolute Gasteiger partial charge is 0.434 e. The van der Waals surface area contributed by atoms with Gasteiger partial charge < -0.3 is 9.15 Å². The van der Waals surface area contributed by atoms with Crippen molar-refractivity contribution in [3.8, 4) is 23.3 Å². The van der Waals surface area contributed by atoms with E-state index in [9.17, 15) is 4.79 Å². The number of hydrogen-bond donors (Lipinski definition) is 1. The molecule has 0 fully saturated rings. The topological polar surface area (TPSA) is 91.9 Å². The third-order valence-corrected chi connectivity index (χ3v) is 7.24. The van der Waals surface area contributed by atoms with Gasteiger partial charge in [0.2, 0.25) is 5.89 Å². The van der Waals surface area contributed by atoms with E-state index in [2.05, 4.69) is 91.7 Å². The molecule has 1 atom stereocenters. The Kier molecular flexibility index (Phi) is 10.3. The molecule has 0 aliphatic heterocycles. The van der Waals surface area contributed by atoms with Crippen LogP contribution in [0, 0.1) is 17.2 Å². The molecule has 1 N–H and O–H groups in total. The summed E-state index contributed by atoms with van der Waals surface area (Å²) in [5, 5.41) is 15.1. The Morgan fingerprint density at radius 2 is 1.71 bits per heavy atom. The standard InChI is InChI=1S/C35H39N3O3/c1-35(2,3)31-22-17-28(18-23-31)25-40-32-11-7-6-10-29(32)19-14-26(9-5-4-8-24-36)12-13-27-15-20-30(21-16-27)33-37-38-34(39)41-33/h6-7,10-11,14-23,26H,4-5,8-9,12-13,25H2,1-3H3,(H,38,39). The Hall–Kier alpha value is -4.37. The highest BCUT2D eigenvalue weighted by Gasteiger charge is 2.13. The zero-order valence-corrected chi connectivity index (χ0v) is 24.2. The van der Waals surface area contributed by atoms with Gasteiger partial charge in [0.25, 0.3) is 0 Å². The number of ether oxygens (including phenoxy) is 1. The molecule has 1 aromatic heterocycles. The number of hydrogen-bond acceptors (Lipinski definition) is 5. The third kappa shape index (κ3) is 9.08. The van der Waals surface area contributed by atoms with E-state index in [4.69, 9.17) is 14.4 Å². The molecular weight excluding hydrogens is 510 g/mol. The number of aromatic nitrogens is 2. The van der Waals surface area contributed by atoms with Crippen molar-refractivity contribution in [1.29, 1.82) is 5.26 Å². The van der Waals surface area contributed by atoms with Gasteiger partial charge in [-0.05, 0) is 71.9 Å². The molecule has 4 rings (SSSR count). The zero-order chi connectivity index (χ0) is 29.1. The van der Waals surface area contributed by atoms with Crippen LogP contribution in [0.3, 0.4) is 0 Å². The maximum atomic E-state index is 11.2. The van der Waals surface area contributed by atoms with Gasteiger partial charge in [0.15, 0.2) is 0 Å². The number of rotatable bonds is 13. The van der Waals surface area contributed by atoms with E-state index in [1.165, 1.54) is 11.1 Å². The van der Waals surface area contributed by atoms with Gasteiger partial charge in [-0.1, -0.05) is 93.9 Å². The van der Waals surface area contributed by atoms with Gasteiger partial charge in [-0.2, -0.15) is 5.26 Å². The van der Waals surface area contributed by atoms with Crippen LogP contribution in [0.2, 0.25) is 0 Å². The minimum absolute atomic E-state index is 0.129. The number of para-hydroxylation sites is 1. The molecule has 3 aromatic carbocycles. The molecule has 0 spiro atoms. The molecule has 0 aliphatic carbocycles. The SMILES string of the molecule is CC(C)(C)c1ccc(COc2ccccc2C=CC(CCCCC#N)CCc2ccc(-c3n[nH]c(=O)o3)cc2)cc1. The minimum atomic E-state index is -0.558. The van der Waals surface area contributed by atoms with E-state index >= 15 is 0 Å². The van der Waals surface area contributed by atoms with Crippen molar-refractivity contribution in [3.05, 3.63) is 112 Å². The van der Waals surface area contributed by atoms with Gasteiger partial charge in [-0.25, -0.2) is 9.89 Å². The molecule has 1 heterocycles. The van der Waals surface area contributed by atoms with Crippen LogP contribution in [-0.4, -0.2) is 10.2 Å². The van der Waals surface area contributed by atoms with Crippen molar-refractivity contribution in [2.75, 3.05) is 0 Å². The monoisotopic (exact) mass is 549 g/mol. The fourth-order valence-corrected chi connectivity index (χ4v) is 4.72. The van der Waals surface area contributed by atoms with E-state index in [0.717, 1.165) is 54.5 Å². The number of benzene rings is 3. The number of H-pyrrole nitrogens is 1. The molecule has 0 saturated heterocycles. The molecule has 6 nitrogen and oxygen atoms in total. The molecule has 4 aromatic rings. The van der Waals surface area contributed by atoms with Crippen molar-refractivity contribution < 1.29 is 9.15 Å². The number of aryl methyl sites for hydroxylation is 1. The van der Waals surface area contributed by atoms with Crippen LogP contribution >= 0.6 is 0 Å². The van der Waals surface area contributed by atoms with Crippen molar-refractivity contribution >= 4 is 6.08 Å². The number of aromatic amines is 1. The summed E-state index contributed by atoms with van der Waals surface area (Å²) in [4.78, 5) is 11.2. The van der Waals surface area contributed by atoms with Crippen LogP contribution < -0.4 is 10.5 Å². The van der Waals surface area contributed by atoms with Crippen LogP contribution in [-0.2, 0) is 18.4 Å². The summed E-state index contributed by atoms with van der Waals surface area (Å²) in [5.41, 5.74) is 5.63. The third-order valence-electron chi connectivity index (χ3n) is 7.24. The molecule has 6 heteroatoms. The number of nitrogens with one attached hydrogen (secondary N) is 1. The molecule has 0 radical (unpaired) electrons. The molecule has 0 bridgehead atoms. The summed E-state index contributed by atoms with van der Waals surface area (Å²) in [7, 11) is 0. The fourth-order valence-electron chi connectivity index (χ4n) is 4.72.